The lowest BCUT2D eigenvalue weighted by Gasteiger charge is -2.01. The molecule has 2 nitrogen and oxygen atoms in total. The zero-order valence-corrected chi connectivity index (χ0v) is 7.75. The van der Waals surface area contributed by atoms with Crippen LogP contribution >= 0.6 is 11.3 Å². The summed E-state index contributed by atoms with van der Waals surface area (Å²) >= 11 is 1.57. The van der Waals surface area contributed by atoms with Crippen molar-refractivity contribution in [2.75, 3.05) is 0 Å². The van der Waals surface area contributed by atoms with Crippen LogP contribution in [-0.4, -0.2) is 4.98 Å². The van der Waals surface area contributed by atoms with Crippen molar-refractivity contribution in [2.45, 2.75) is 6.61 Å². The van der Waals surface area contributed by atoms with Crippen LogP contribution in [0.2, 0.25) is 0 Å². The highest BCUT2D eigenvalue weighted by Crippen LogP contribution is 2.10. The van der Waals surface area contributed by atoms with Gasteiger partial charge in [0.2, 0.25) is 0 Å². The minimum absolute atomic E-state index is 0.518. The molecule has 2 rings (SSSR count). The second-order valence-electron chi connectivity index (χ2n) is 2.50. The Hall–Kier alpha value is -1.35. The third-order valence-corrected chi connectivity index (χ3v) is 2.17. The fraction of sp³-hybridized carbons (Fsp3) is 0.100. The van der Waals surface area contributed by atoms with Gasteiger partial charge in [-0.15, -0.1) is 11.3 Å². The number of benzene rings is 1. The van der Waals surface area contributed by atoms with Gasteiger partial charge in [-0.3, -0.25) is 0 Å². The molecule has 0 saturated carbocycles. The van der Waals surface area contributed by atoms with E-state index in [1.165, 1.54) is 0 Å². The molecule has 0 aliphatic carbocycles. The second kappa shape index (κ2) is 4.05. The number of ether oxygens (including phenoxy) is 1. The molecule has 0 saturated heterocycles. The van der Waals surface area contributed by atoms with Crippen molar-refractivity contribution < 1.29 is 4.74 Å². The van der Waals surface area contributed by atoms with Crippen molar-refractivity contribution >= 4 is 11.3 Å². The van der Waals surface area contributed by atoms with E-state index in [2.05, 4.69) is 11.1 Å². The number of rotatable bonds is 3. The van der Waals surface area contributed by atoms with E-state index in [0.29, 0.717) is 6.61 Å². The zero-order chi connectivity index (χ0) is 8.93. The maximum absolute atomic E-state index is 5.44. The SMILES string of the molecule is [c]1ccccc1OCc1cscn1. The lowest BCUT2D eigenvalue weighted by molar-refractivity contribution is 0.301. The van der Waals surface area contributed by atoms with Gasteiger partial charge < -0.3 is 4.74 Å². The highest BCUT2D eigenvalue weighted by Gasteiger charge is 1.95. The molecule has 0 fully saturated rings. The van der Waals surface area contributed by atoms with E-state index < -0.39 is 0 Å². The van der Waals surface area contributed by atoms with Gasteiger partial charge in [0.1, 0.15) is 12.4 Å². The second-order valence-corrected chi connectivity index (χ2v) is 3.21. The maximum atomic E-state index is 5.44. The van der Waals surface area contributed by atoms with Crippen molar-refractivity contribution in [3.63, 3.8) is 0 Å². The third kappa shape index (κ3) is 2.29. The van der Waals surface area contributed by atoms with Gasteiger partial charge in [-0.05, 0) is 6.07 Å². The van der Waals surface area contributed by atoms with Gasteiger partial charge in [0.25, 0.3) is 0 Å². The summed E-state index contributed by atoms with van der Waals surface area (Å²) in [4.78, 5) is 4.11. The van der Waals surface area contributed by atoms with Crippen LogP contribution < -0.4 is 4.74 Å². The number of thiazole rings is 1. The molecule has 0 spiro atoms. The van der Waals surface area contributed by atoms with Crippen molar-refractivity contribution in [1.29, 1.82) is 0 Å². The molecule has 0 amide bonds. The third-order valence-electron chi connectivity index (χ3n) is 1.54. The Kier molecular flexibility index (Phi) is 2.57. The Bertz CT molecular complexity index is 344. The van der Waals surface area contributed by atoms with Crippen molar-refractivity contribution in [3.05, 3.63) is 46.9 Å². The van der Waals surface area contributed by atoms with Crippen molar-refractivity contribution in [1.82, 2.24) is 4.98 Å². The first kappa shape index (κ1) is 8.26. The van der Waals surface area contributed by atoms with Crippen LogP contribution in [0.4, 0.5) is 0 Å². The highest BCUT2D eigenvalue weighted by atomic mass is 32.1. The van der Waals surface area contributed by atoms with Gasteiger partial charge in [-0.25, -0.2) is 4.98 Å². The first-order valence-electron chi connectivity index (χ1n) is 3.92. The summed E-state index contributed by atoms with van der Waals surface area (Å²) in [7, 11) is 0. The van der Waals surface area contributed by atoms with E-state index in [4.69, 9.17) is 4.74 Å². The molecule has 0 aliphatic heterocycles. The van der Waals surface area contributed by atoms with E-state index >= 15 is 0 Å². The normalized spacial score (nSPS) is 9.85. The van der Waals surface area contributed by atoms with Gasteiger partial charge in [-0.2, -0.15) is 0 Å². The summed E-state index contributed by atoms with van der Waals surface area (Å²) in [6.45, 7) is 0.518. The van der Waals surface area contributed by atoms with Crippen LogP contribution in [0, 0.1) is 6.07 Å². The molecule has 2 aromatic rings. The Morgan fingerprint density at radius 1 is 1.46 bits per heavy atom. The zero-order valence-electron chi connectivity index (χ0n) is 6.93. The molecule has 0 N–H and O–H groups in total. The largest absolute Gasteiger partial charge is 0.487 e. The molecule has 1 heterocycles. The Labute approximate surface area is 80.8 Å². The summed E-state index contributed by atoms with van der Waals surface area (Å²) < 4.78 is 5.44. The minimum atomic E-state index is 0.518. The summed E-state index contributed by atoms with van der Waals surface area (Å²) in [6.07, 6.45) is 0. The van der Waals surface area contributed by atoms with E-state index in [1.54, 1.807) is 16.8 Å². The Balaban J connectivity index is 1.94. The van der Waals surface area contributed by atoms with E-state index in [9.17, 15) is 0 Å². The molecule has 0 bridgehead atoms. The first-order chi connectivity index (χ1) is 6.45. The van der Waals surface area contributed by atoms with Crippen LogP contribution in [0.15, 0.2) is 35.2 Å². The van der Waals surface area contributed by atoms with Gasteiger partial charge in [0, 0.05) is 11.4 Å². The molecule has 0 unspecified atom stereocenters. The van der Waals surface area contributed by atoms with Gasteiger partial charge >= 0.3 is 0 Å². The topological polar surface area (TPSA) is 22.1 Å². The smallest absolute Gasteiger partial charge is 0.131 e. The van der Waals surface area contributed by atoms with Gasteiger partial charge in [0.05, 0.1) is 11.2 Å². The quantitative estimate of drug-likeness (QED) is 0.742. The molecule has 1 aromatic carbocycles. The molecule has 1 aromatic heterocycles. The predicted molar refractivity (Wildman–Crippen MR) is 51.7 cm³/mol. The molecule has 1 radical (unpaired) electrons. The molecule has 13 heavy (non-hydrogen) atoms. The molecular weight excluding hydrogens is 182 g/mol. The lowest BCUT2D eigenvalue weighted by atomic mass is 10.3. The average molecular weight is 190 g/mol. The maximum Gasteiger partial charge on any atom is 0.131 e. The molecule has 0 aliphatic rings. The van der Waals surface area contributed by atoms with Crippen LogP contribution in [0.3, 0.4) is 0 Å². The predicted octanol–water partition coefficient (Wildman–Crippen LogP) is 2.52. The minimum Gasteiger partial charge on any atom is -0.487 e. The number of hydrogen-bond acceptors (Lipinski definition) is 3. The lowest BCUT2D eigenvalue weighted by Crippen LogP contribution is -1.94. The number of nitrogens with zero attached hydrogens (tertiary/aromatic N) is 1. The highest BCUT2D eigenvalue weighted by molar-refractivity contribution is 7.07. The van der Waals surface area contributed by atoms with Crippen molar-refractivity contribution in [3.8, 4) is 5.75 Å². The summed E-state index contributed by atoms with van der Waals surface area (Å²) in [6, 6.07) is 10.5. The van der Waals surface area contributed by atoms with Crippen LogP contribution in [0.1, 0.15) is 5.69 Å². The fourth-order valence-corrected chi connectivity index (χ4v) is 1.47. The molecule has 3 heteroatoms. The first-order valence-corrected chi connectivity index (χ1v) is 4.86. The Morgan fingerprint density at radius 3 is 3.15 bits per heavy atom. The van der Waals surface area contributed by atoms with Gasteiger partial charge in [0.15, 0.2) is 0 Å². The van der Waals surface area contributed by atoms with E-state index in [0.717, 1.165) is 11.4 Å². The van der Waals surface area contributed by atoms with Crippen LogP contribution in [-0.2, 0) is 6.61 Å². The number of hydrogen-bond donors (Lipinski definition) is 0. The van der Waals surface area contributed by atoms with E-state index in [-0.39, 0.29) is 0 Å². The monoisotopic (exact) mass is 190 g/mol. The van der Waals surface area contributed by atoms with Gasteiger partial charge in [-0.1, -0.05) is 18.2 Å². The van der Waals surface area contributed by atoms with Crippen LogP contribution in [0.25, 0.3) is 0 Å². The van der Waals surface area contributed by atoms with Crippen LogP contribution in [0.5, 0.6) is 5.75 Å². The molecule has 65 valence electrons. The summed E-state index contributed by atoms with van der Waals surface area (Å²) in [5.41, 5.74) is 2.76. The Morgan fingerprint density at radius 2 is 2.46 bits per heavy atom. The summed E-state index contributed by atoms with van der Waals surface area (Å²) in [5.74, 6) is 0.760. The molecule has 0 atom stereocenters. The fourth-order valence-electron chi connectivity index (χ4n) is 0.927. The standard InChI is InChI=1S/C10H8NOS/c1-2-4-10(5-3-1)12-6-9-7-13-8-11-9/h1-4,7-8H,6H2. The molecular formula is C10H8NOS. The number of para-hydroxylation sites is 1. The van der Waals surface area contributed by atoms with Crippen molar-refractivity contribution in [2.24, 2.45) is 0 Å². The summed E-state index contributed by atoms with van der Waals surface area (Å²) in [5, 5.41) is 1.98. The average Bonchev–Trinajstić information content (AvgIpc) is 2.69. The number of aromatic nitrogens is 1. The van der Waals surface area contributed by atoms with E-state index in [1.807, 2.05) is 29.6 Å².